The molecule has 2 N–H and O–H groups in total. The molecule has 0 spiro atoms. The van der Waals surface area contributed by atoms with Gasteiger partial charge in [-0.05, 0) is 12.8 Å². The highest BCUT2D eigenvalue weighted by Gasteiger charge is 2.14. The molecule has 0 saturated carbocycles. The Balaban J connectivity index is 2.17. The van der Waals surface area contributed by atoms with Gasteiger partial charge < -0.3 is 10.6 Å². The fraction of sp³-hybridized carbons (Fsp3) is 0.833. The molecule has 1 rings (SSSR count). The number of hydrogen-bond donors (Lipinski definition) is 1. The van der Waals surface area contributed by atoms with Crippen LogP contribution in [0.3, 0.4) is 0 Å². The Morgan fingerprint density at radius 2 is 2.10 bits per heavy atom. The van der Waals surface area contributed by atoms with Gasteiger partial charge in [-0.2, -0.15) is 0 Å². The minimum atomic E-state index is -0.345. The summed E-state index contributed by atoms with van der Waals surface area (Å²) >= 11 is 0. The zero-order chi connectivity index (χ0) is 7.40. The van der Waals surface area contributed by atoms with Crippen LogP contribution in [-0.2, 0) is 9.63 Å². The lowest BCUT2D eigenvalue weighted by molar-refractivity contribution is -0.183. The van der Waals surface area contributed by atoms with Gasteiger partial charge in [0.2, 0.25) is 0 Å². The van der Waals surface area contributed by atoms with E-state index in [1.807, 2.05) is 0 Å². The van der Waals surface area contributed by atoms with E-state index in [1.165, 1.54) is 0 Å². The zero-order valence-corrected chi connectivity index (χ0v) is 5.88. The van der Waals surface area contributed by atoms with E-state index in [0.717, 1.165) is 25.9 Å². The van der Waals surface area contributed by atoms with Gasteiger partial charge in [0.05, 0.1) is 6.54 Å². The number of nitrogens with zero attached hydrogens (tertiary/aromatic N) is 1. The molecule has 0 aliphatic carbocycles. The van der Waals surface area contributed by atoms with Crippen molar-refractivity contribution in [1.29, 1.82) is 0 Å². The molecule has 0 aromatic rings. The second kappa shape index (κ2) is 3.53. The molecule has 0 aromatic carbocycles. The van der Waals surface area contributed by atoms with Crippen molar-refractivity contribution in [2.75, 3.05) is 19.6 Å². The second-order valence-corrected chi connectivity index (χ2v) is 2.30. The SMILES string of the molecule is NCC(=O)ON1CCCC1. The molecule has 1 fully saturated rings. The van der Waals surface area contributed by atoms with Crippen molar-refractivity contribution in [2.45, 2.75) is 12.8 Å². The summed E-state index contributed by atoms with van der Waals surface area (Å²) < 4.78 is 0. The van der Waals surface area contributed by atoms with Gasteiger partial charge in [-0.25, -0.2) is 4.79 Å². The maximum atomic E-state index is 10.6. The van der Waals surface area contributed by atoms with Crippen LogP contribution in [0.1, 0.15) is 12.8 Å². The molecule has 0 amide bonds. The van der Waals surface area contributed by atoms with Crippen molar-refractivity contribution < 1.29 is 9.63 Å². The number of carbonyl (C=O) groups is 1. The molecule has 1 heterocycles. The molecule has 0 atom stereocenters. The summed E-state index contributed by atoms with van der Waals surface area (Å²) in [5.74, 6) is -0.345. The van der Waals surface area contributed by atoms with Crippen LogP contribution in [0, 0.1) is 0 Å². The molecule has 4 nitrogen and oxygen atoms in total. The predicted molar refractivity (Wildman–Crippen MR) is 36.0 cm³/mol. The Bertz CT molecular complexity index is 121. The van der Waals surface area contributed by atoms with Crippen molar-refractivity contribution in [3.8, 4) is 0 Å². The van der Waals surface area contributed by atoms with Gasteiger partial charge in [-0.15, -0.1) is 5.06 Å². The van der Waals surface area contributed by atoms with Crippen molar-refractivity contribution in [2.24, 2.45) is 5.73 Å². The van der Waals surface area contributed by atoms with E-state index in [0.29, 0.717) is 0 Å². The first-order valence-corrected chi connectivity index (χ1v) is 3.49. The van der Waals surface area contributed by atoms with Crippen molar-refractivity contribution >= 4 is 5.97 Å². The van der Waals surface area contributed by atoms with Crippen LogP contribution in [0.2, 0.25) is 0 Å². The maximum Gasteiger partial charge on any atom is 0.338 e. The van der Waals surface area contributed by atoms with Gasteiger partial charge in [0.15, 0.2) is 0 Å². The Kier molecular flexibility index (Phi) is 2.65. The highest BCUT2D eigenvalue weighted by atomic mass is 16.7. The topological polar surface area (TPSA) is 55.6 Å². The summed E-state index contributed by atoms with van der Waals surface area (Å²) in [6, 6.07) is 0. The van der Waals surface area contributed by atoms with Crippen LogP contribution in [0.25, 0.3) is 0 Å². The highest BCUT2D eigenvalue weighted by Crippen LogP contribution is 2.06. The molecule has 1 aliphatic rings. The van der Waals surface area contributed by atoms with Crippen molar-refractivity contribution in [3.05, 3.63) is 0 Å². The smallest absolute Gasteiger partial charge is 0.338 e. The Morgan fingerprint density at radius 3 is 2.60 bits per heavy atom. The summed E-state index contributed by atoms with van der Waals surface area (Å²) in [5.41, 5.74) is 5.05. The molecular formula is C6H12N2O2. The van der Waals surface area contributed by atoms with Crippen LogP contribution in [-0.4, -0.2) is 30.7 Å². The van der Waals surface area contributed by atoms with Gasteiger partial charge >= 0.3 is 5.97 Å². The first kappa shape index (κ1) is 7.50. The molecule has 0 bridgehead atoms. The molecule has 0 aromatic heterocycles. The van der Waals surface area contributed by atoms with E-state index in [2.05, 4.69) is 0 Å². The number of nitrogens with two attached hydrogens (primary N) is 1. The summed E-state index contributed by atoms with van der Waals surface area (Å²) in [6.45, 7) is 1.67. The van der Waals surface area contributed by atoms with Crippen LogP contribution in [0.4, 0.5) is 0 Å². The summed E-state index contributed by atoms with van der Waals surface area (Å²) in [6.07, 6.45) is 2.22. The minimum absolute atomic E-state index is 0.0312. The van der Waals surface area contributed by atoms with E-state index >= 15 is 0 Å². The van der Waals surface area contributed by atoms with E-state index < -0.39 is 0 Å². The van der Waals surface area contributed by atoms with Crippen molar-refractivity contribution in [3.63, 3.8) is 0 Å². The largest absolute Gasteiger partial charge is 0.367 e. The average molecular weight is 144 g/mol. The number of hydroxylamine groups is 2. The van der Waals surface area contributed by atoms with Gasteiger partial charge in [0.1, 0.15) is 0 Å². The molecule has 1 aliphatic heterocycles. The lowest BCUT2D eigenvalue weighted by Crippen LogP contribution is -2.28. The third-order valence-electron chi connectivity index (χ3n) is 1.46. The Hall–Kier alpha value is -0.610. The minimum Gasteiger partial charge on any atom is -0.367 e. The fourth-order valence-corrected chi connectivity index (χ4v) is 0.961. The Morgan fingerprint density at radius 1 is 1.50 bits per heavy atom. The third-order valence-corrected chi connectivity index (χ3v) is 1.46. The van der Waals surface area contributed by atoms with E-state index in [9.17, 15) is 4.79 Å². The fourth-order valence-electron chi connectivity index (χ4n) is 0.961. The van der Waals surface area contributed by atoms with Crippen LogP contribution in [0.15, 0.2) is 0 Å². The number of carbonyl (C=O) groups excluding carboxylic acids is 1. The van der Waals surface area contributed by atoms with Crippen LogP contribution < -0.4 is 5.73 Å². The van der Waals surface area contributed by atoms with E-state index in [-0.39, 0.29) is 12.5 Å². The zero-order valence-electron chi connectivity index (χ0n) is 5.88. The number of hydrogen-bond acceptors (Lipinski definition) is 4. The maximum absolute atomic E-state index is 10.6. The third kappa shape index (κ3) is 1.97. The quantitative estimate of drug-likeness (QED) is 0.567. The van der Waals surface area contributed by atoms with Gasteiger partial charge in [-0.3, -0.25) is 0 Å². The summed E-state index contributed by atoms with van der Waals surface area (Å²) in [4.78, 5) is 15.4. The molecule has 58 valence electrons. The molecule has 0 unspecified atom stereocenters. The van der Waals surface area contributed by atoms with Gasteiger partial charge in [-0.1, -0.05) is 0 Å². The molecule has 4 heteroatoms. The van der Waals surface area contributed by atoms with E-state index in [1.54, 1.807) is 5.06 Å². The molecular weight excluding hydrogens is 132 g/mol. The second-order valence-electron chi connectivity index (χ2n) is 2.30. The predicted octanol–water partition coefficient (Wildman–Crippen LogP) is -0.501. The monoisotopic (exact) mass is 144 g/mol. The summed E-state index contributed by atoms with van der Waals surface area (Å²) in [7, 11) is 0. The lowest BCUT2D eigenvalue weighted by atomic mass is 10.4. The average Bonchev–Trinajstić information content (AvgIpc) is 2.40. The highest BCUT2D eigenvalue weighted by molar-refractivity contribution is 5.70. The molecule has 1 saturated heterocycles. The first-order chi connectivity index (χ1) is 4.83. The lowest BCUT2D eigenvalue weighted by Gasteiger charge is -2.12. The first-order valence-electron chi connectivity index (χ1n) is 3.49. The van der Waals surface area contributed by atoms with Gasteiger partial charge in [0.25, 0.3) is 0 Å². The van der Waals surface area contributed by atoms with Crippen LogP contribution in [0.5, 0.6) is 0 Å². The van der Waals surface area contributed by atoms with Gasteiger partial charge in [0, 0.05) is 13.1 Å². The molecule has 10 heavy (non-hydrogen) atoms. The molecule has 0 radical (unpaired) electrons. The summed E-state index contributed by atoms with van der Waals surface area (Å²) in [5, 5.41) is 1.66. The Labute approximate surface area is 59.9 Å². The van der Waals surface area contributed by atoms with E-state index in [4.69, 9.17) is 10.6 Å². The standard InChI is InChI=1S/C6H12N2O2/c7-5-6(9)10-8-3-1-2-4-8/h1-5,7H2. The van der Waals surface area contributed by atoms with Crippen LogP contribution >= 0.6 is 0 Å². The van der Waals surface area contributed by atoms with Crippen molar-refractivity contribution in [1.82, 2.24) is 5.06 Å². The number of rotatable bonds is 2. The normalized spacial score (nSPS) is 19.3.